The zero-order valence-corrected chi connectivity index (χ0v) is 24.4. The van der Waals surface area contributed by atoms with Gasteiger partial charge < -0.3 is 29.2 Å². The number of hydrogen-bond acceptors (Lipinski definition) is 5. The molecule has 1 aliphatic heterocycles. The summed E-state index contributed by atoms with van der Waals surface area (Å²) < 4.78 is 27.3. The third-order valence-electron chi connectivity index (χ3n) is 7.85. The van der Waals surface area contributed by atoms with Crippen LogP contribution in [0.2, 0.25) is 0 Å². The van der Waals surface area contributed by atoms with Gasteiger partial charge in [-0.25, -0.2) is 4.39 Å². The second-order valence-electron chi connectivity index (χ2n) is 10.8. The summed E-state index contributed by atoms with van der Waals surface area (Å²) in [5.41, 5.74) is 2.25. The first kappa shape index (κ1) is 29.6. The maximum Gasteiger partial charge on any atom is 0.253 e. The van der Waals surface area contributed by atoms with E-state index in [2.05, 4.69) is 19.7 Å². The molecule has 8 heteroatoms. The predicted molar refractivity (Wildman–Crippen MR) is 165 cm³/mol. The number of halogens is 1. The number of nitrogens with one attached hydrogen (secondary N) is 1. The van der Waals surface area contributed by atoms with Gasteiger partial charge in [0.15, 0.2) is 0 Å². The fourth-order valence-electron chi connectivity index (χ4n) is 5.70. The number of aromatic nitrogens is 1. The molecule has 222 valence electrons. The van der Waals surface area contributed by atoms with E-state index in [1.54, 1.807) is 19.2 Å². The zero-order chi connectivity index (χ0) is 29.1. The van der Waals surface area contributed by atoms with E-state index >= 15 is 0 Å². The number of benzene rings is 3. The number of fused-ring (bicyclic) bond motifs is 1. The van der Waals surface area contributed by atoms with Gasteiger partial charge in [-0.3, -0.25) is 4.79 Å². The number of carbonyl (C=O) groups excluding carboxylic acids is 1. The molecule has 5 rings (SSSR count). The van der Waals surface area contributed by atoms with Crippen molar-refractivity contribution in [2.75, 3.05) is 53.0 Å². The molecule has 4 aromatic rings. The molecular weight excluding hydrogens is 531 g/mol. The van der Waals surface area contributed by atoms with Crippen molar-refractivity contribution >= 4 is 16.8 Å². The highest BCUT2D eigenvalue weighted by Crippen LogP contribution is 2.30. The molecule has 0 unspecified atom stereocenters. The number of ether oxygens (including phenoxy) is 2. The van der Waals surface area contributed by atoms with Crippen molar-refractivity contribution in [3.8, 4) is 11.5 Å². The average molecular weight is 573 g/mol. The summed E-state index contributed by atoms with van der Waals surface area (Å²) in [6, 6.07) is 22.1. The minimum atomic E-state index is -0.311. The lowest BCUT2D eigenvalue weighted by molar-refractivity contribution is 0.0952. The van der Waals surface area contributed by atoms with Gasteiger partial charge in [0, 0.05) is 44.3 Å². The van der Waals surface area contributed by atoms with E-state index in [9.17, 15) is 9.18 Å². The van der Waals surface area contributed by atoms with Crippen molar-refractivity contribution in [3.63, 3.8) is 0 Å². The highest BCUT2D eigenvalue weighted by Gasteiger charge is 2.19. The average Bonchev–Trinajstić information content (AvgIpc) is 3.24. The van der Waals surface area contributed by atoms with Crippen LogP contribution in [0.25, 0.3) is 10.9 Å². The van der Waals surface area contributed by atoms with Gasteiger partial charge in [0.2, 0.25) is 0 Å². The third kappa shape index (κ3) is 7.89. The molecular formula is C34H41FN4O3. The van der Waals surface area contributed by atoms with Gasteiger partial charge >= 0.3 is 0 Å². The molecule has 0 saturated carbocycles. The molecule has 0 atom stereocenters. The minimum absolute atomic E-state index is 0.182. The van der Waals surface area contributed by atoms with E-state index < -0.39 is 0 Å². The summed E-state index contributed by atoms with van der Waals surface area (Å²) in [6.45, 7) is 8.19. The van der Waals surface area contributed by atoms with Gasteiger partial charge in [-0.15, -0.1) is 0 Å². The summed E-state index contributed by atoms with van der Waals surface area (Å²) >= 11 is 0. The Hall–Kier alpha value is -3.88. The van der Waals surface area contributed by atoms with Gasteiger partial charge in [-0.1, -0.05) is 42.5 Å². The molecule has 1 N–H and O–H groups in total. The summed E-state index contributed by atoms with van der Waals surface area (Å²) in [6.07, 6.45) is 5.08. The summed E-state index contributed by atoms with van der Waals surface area (Å²) in [7, 11) is 1.66. The van der Waals surface area contributed by atoms with E-state index in [-0.39, 0.29) is 18.3 Å². The van der Waals surface area contributed by atoms with Gasteiger partial charge in [0.1, 0.15) is 17.3 Å². The summed E-state index contributed by atoms with van der Waals surface area (Å²) in [4.78, 5) is 18.3. The van der Waals surface area contributed by atoms with Crippen molar-refractivity contribution in [1.82, 2.24) is 19.7 Å². The van der Waals surface area contributed by atoms with Crippen molar-refractivity contribution < 1.29 is 18.7 Å². The van der Waals surface area contributed by atoms with Crippen LogP contribution in [0.3, 0.4) is 0 Å². The van der Waals surface area contributed by atoms with Gasteiger partial charge in [-0.05, 0) is 74.8 Å². The van der Waals surface area contributed by atoms with Crippen molar-refractivity contribution in [1.29, 1.82) is 0 Å². The molecule has 0 bridgehead atoms. The number of aryl methyl sites for hydroxylation is 1. The molecule has 7 nitrogen and oxygen atoms in total. The monoisotopic (exact) mass is 572 g/mol. The van der Waals surface area contributed by atoms with Crippen LogP contribution in [-0.4, -0.2) is 73.3 Å². The molecule has 1 aliphatic rings. The topological polar surface area (TPSA) is 59.0 Å². The summed E-state index contributed by atoms with van der Waals surface area (Å²) in [5, 5.41) is 3.80. The van der Waals surface area contributed by atoms with Crippen molar-refractivity contribution in [3.05, 3.63) is 95.9 Å². The van der Waals surface area contributed by atoms with E-state index in [0.717, 1.165) is 99.6 Å². The molecule has 1 amide bonds. The van der Waals surface area contributed by atoms with E-state index in [1.807, 2.05) is 54.7 Å². The van der Waals surface area contributed by atoms with E-state index in [4.69, 9.17) is 9.47 Å². The molecule has 0 aliphatic carbocycles. The molecule has 1 aromatic heterocycles. The zero-order valence-electron chi connectivity index (χ0n) is 24.4. The van der Waals surface area contributed by atoms with Gasteiger partial charge in [0.05, 0.1) is 24.8 Å². The normalized spacial score (nSPS) is 14.5. The second-order valence-corrected chi connectivity index (χ2v) is 10.8. The Bertz CT molecular complexity index is 1440. The van der Waals surface area contributed by atoms with Gasteiger partial charge in [0.25, 0.3) is 5.91 Å². The van der Waals surface area contributed by atoms with Crippen molar-refractivity contribution in [2.45, 2.75) is 32.4 Å². The lowest BCUT2D eigenvalue weighted by atomic mass is 10.1. The van der Waals surface area contributed by atoms with Crippen LogP contribution in [-0.2, 0) is 13.1 Å². The first-order valence-electron chi connectivity index (χ1n) is 14.9. The number of para-hydroxylation sites is 2. The molecule has 1 saturated heterocycles. The predicted octanol–water partition coefficient (Wildman–Crippen LogP) is 5.59. The van der Waals surface area contributed by atoms with E-state index in [0.29, 0.717) is 5.56 Å². The Morgan fingerprint density at radius 3 is 2.40 bits per heavy atom. The standard InChI is InChI=1S/C34H41FN4O3/c1-41-32-15-6-14-30-31(34(40)36-25-27-10-5-11-28(35)24-27)26-39(33(30)32)20-8-18-37-16-7-17-38(22-21-37)19-9-23-42-29-12-3-2-4-13-29/h2-6,10-15,24,26H,7-9,16-23,25H2,1H3,(H,36,40). The fourth-order valence-corrected chi connectivity index (χ4v) is 5.70. The highest BCUT2D eigenvalue weighted by atomic mass is 19.1. The Morgan fingerprint density at radius 2 is 1.64 bits per heavy atom. The molecule has 0 radical (unpaired) electrons. The maximum absolute atomic E-state index is 13.6. The highest BCUT2D eigenvalue weighted by molar-refractivity contribution is 6.08. The number of hydrogen-bond donors (Lipinski definition) is 1. The Labute approximate surface area is 247 Å². The number of amides is 1. The second kappa shape index (κ2) is 14.8. The quantitative estimate of drug-likeness (QED) is 0.212. The summed E-state index contributed by atoms with van der Waals surface area (Å²) in [5.74, 6) is 1.19. The minimum Gasteiger partial charge on any atom is -0.495 e. The lowest BCUT2D eigenvalue weighted by Crippen LogP contribution is -2.32. The number of carbonyl (C=O) groups is 1. The van der Waals surface area contributed by atoms with Crippen LogP contribution >= 0.6 is 0 Å². The van der Waals surface area contributed by atoms with Gasteiger partial charge in [-0.2, -0.15) is 0 Å². The molecule has 0 spiro atoms. The van der Waals surface area contributed by atoms with Crippen LogP contribution in [0.4, 0.5) is 4.39 Å². The van der Waals surface area contributed by atoms with Crippen LogP contribution in [0, 0.1) is 5.82 Å². The Balaban J connectivity index is 1.13. The van der Waals surface area contributed by atoms with Crippen LogP contribution in [0.15, 0.2) is 79.0 Å². The number of rotatable bonds is 13. The number of nitrogens with zero attached hydrogens (tertiary/aromatic N) is 3. The lowest BCUT2D eigenvalue weighted by Gasteiger charge is -2.22. The fraction of sp³-hybridized carbons (Fsp3) is 0.382. The molecule has 3 aromatic carbocycles. The number of methoxy groups -OCH3 is 1. The molecule has 2 heterocycles. The van der Waals surface area contributed by atoms with Crippen LogP contribution in [0.1, 0.15) is 35.2 Å². The first-order valence-corrected chi connectivity index (χ1v) is 14.9. The third-order valence-corrected chi connectivity index (χ3v) is 7.85. The SMILES string of the molecule is COc1cccc2c(C(=O)NCc3cccc(F)c3)cn(CCCN3CCCN(CCCOc4ccccc4)CC3)c12. The Kier molecular flexibility index (Phi) is 10.5. The van der Waals surface area contributed by atoms with Crippen molar-refractivity contribution in [2.24, 2.45) is 0 Å². The molecule has 1 fully saturated rings. The Morgan fingerprint density at radius 1 is 0.881 bits per heavy atom. The maximum atomic E-state index is 13.6. The van der Waals surface area contributed by atoms with Crippen LogP contribution in [0.5, 0.6) is 11.5 Å². The largest absolute Gasteiger partial charge is 0.495 e. The van der Waals surface area contributed by atoms with Crippen LogP contribution < -0.4 is 14.8 Å². The van der Waals surface area contributed by atoms with E-state index in [1.165, 1.54) is 12.1 Å². The smallest absolute Gasteiger partial charge is 0.253 e. The first-order chi connectivity index (χ1) is 20.6. The molecule has 42 heavy (non-hydrogen) atoms.